The second-order valence-corrected chi connectivity index (χ2v) is 7.42. The van der Waals surface area contributed by atoms with E-state index in [1.54, 1.807) is 4.90 Å². The molecule has 1 fully saturated rings. The number of nitrogens with zero attached hydrogens (tertiary/aromatic N) is 1. The Balaban J connectivity index is 1.30. The minimum absolute atomic E-state index is 0.0101. The van der Waals surface area contributed by atoms with Gasteiger partial charge in [-0.15, -0.1) is 0 Å². The minimum atomic E-state index is -0.367. The van der Waals surface area contributed by atoms with Crippen molar-refractivity contribution in [3.8, 4) is 11.5 Å². The number of hydrogen-bond donors (Lipinski definition) is 1. The van der Waals surface area contributed by atoms with Gasteiger partial charge in [0.25, 0.3) is 5.91 Å². The van der Waals surface area contributed by atoms with E-state index in [4.69, 9.17) is 9.47 Å². The van der Waals surface area contributed by atoms with Gasteiger partial charge in [-0.25, -0.2) is 4.39 Å². The molecule has 0 saturated carbocycles. The van der Waals surface area contributed by atoms with Crippen molar-refractivity contribution in [2.45, 2.75) is 25.8 Å². The van der Waals surface area contributed by atoms with Crippen LogP contribution in [0.4, 0.5) is 4.39 Å². The molecule has 2 aliphatic rings. The standard InChI is InChI=1S/C22H23FN2O4/c1-14(17-4-7-19-20(12-17)29-13-28-19)24-21(26)15-8-10-25(11-9-15)22(27)16-2-5-18(23)6-3-16/h2-7,12,14-15H,8-11,13H2,1H3,(H,24,26). The van der Waals surface area contributed by atoms with E-state index in [1.165, 1.54) is 24.3 Å². The highest BCUT2D eigenvalue weighted by atomic mass is 19.1. The lowest BCUT2D eigenvalue weighted by atomic mass is 9.94. The molecule has 0 aromatic heterocycles. The molecule has 0 spiro atoms. The molecule has 2 aromatic carbocycles. The largest absolute Gasteiger partial charge is 0.454 e. The molecule has 1 saturated heterocycles. The van der Waals surface area contributed by atoms with E-state index < -0.39 is 0 Å². The molecule has 2 heterocycles. The number of carbonyl (C=O) groups is 2. The maximum atomic E-state index is 13.0. The summed E-state index contributed by atoms with van der Waals surface area (Å²) in [6.45, 7) is 3.16. The fraction of sp³-hybridized carbons (Fsp3) is 0.364. The van der Waals surface area contributed by atoms with Crippen LogP contribution in [-0.4, -0.2) is 36.6 Å². The van der Waals surface area contributed by atoms with Crippen LogP contribution in [0.5, 0.6) is 11.5 Å². The summed E-state index contributed by atoms with van der Waals surface area (Å²) in [5.74, 6) is 0.764. The highest BCUT2D eigenvalue weighted by Gasteiger charge is 2.29. The SMILES string of the molecule is CC(NC(=O)C1CCN(C(=O)c2ccc(F)cc2)CC1)c1ccc2c(c1)OCO2. The Bertz CT molecular complexity index is 908. The van der Waals surface area contributed by atoms with Gasteiger partial charge in [0.1, 0.15) is 5.82 Å². The Morgan fingerprint density at radius 3 is 2.48 bits per heavy atom. The first-order valence-electron chi connectivity index (χ1n) is 9.76. The van der Waals surface area contributed by atoms with E-state index in [1.807, 2.05) is 25.1 Å². The number of hydrogen-bond acceptors (Lipinski definition) is 4. The number of fused-ring (bicyclic) bond motifs is 1. The third kappa shape index (κ3) is 4.18. The van der Waals surface area contributed by atoms with E-state index in [-0.39, 0.29) is 36.4 Å². The van der Waals surface area contributed by atoms with Crippen LogP contribution < -0.4 is 14.8 Å². The van der Waals surface area contributed by atoms with Gasteiger partial charge in [0.2, 0.25) is 12.7 Å². The quantitative estimate of drug-likeness (QED) is 0.858. The van der Waals surface area contributed by atoms with Crippen molar-refractivity contribution in [1.82, 2.24) is 10.2 Å². The van der Waals surface area contributed by atoms with Gasteiger partial charge in [0.05, 0.1) is 6.04 Å². The summed E-state index contributed by atoms with van der Waals surface area (Å²) in [5, 5.41) is 3.06. The van der Waals surface area contributed by atoms with Crippen LogP contribution >= 0.6 is 0 Å². The van der Waals surface area contributed by atoms with Crippen molar-refractivity contribution in [3.63, 3.8) is 0 Å². The number of likely N-dealkylation sites (tertiary alicyclic amines) is 1. The van der Waals surface area contributed by atoms with Crippen LogP contribution in [0.2, 0.25) is 0 Å². The van der Waals surface area contributed by atoms with Gasteiger partial charge in [-0.3, -0.25) is 9.59 Å². The Kier molecular flexibility index (Phi) is 5.38. The summed E-state index contributed by atoms with van der Waals surface area (Å²) >= 11 is 0. The van der Waals surface area contributed by atoms with Crippen LogP contribution in [0.15, 0.2) is 42.5 Å². The van der Waals surface area contributed by atoms with Gasteiger partial charge < -0.3 is 19.7 Å². The molecule has 1 unspecified atom stereocenters. The van der Waals surface area contributed by atoms with Crippen LogP contribution in [0.3, 0.4) is 0 Å². The average Bonchev–Trinajstić information content (AvgIpc) is 3.21. The van der Waals surface area contributed by atoms with Gasteiger partial charge >= 0.3 is 0 Å². The first-order valence-corrected chi connectivity index (χ1v) is 9.76. The molecule has 152 valence electrons. The van der Waals surface area contributed by atoms with Crippen LogP contribution in [-0.2, 0) is 4.79 Å². The highest BCUT2D eigenvalue weighted by Crippen LogP contribution is 2.34. The molecule has 0 bridgehead atoms. The monoisotopic (exact) mass is 398 g/mol. The second-order valence-electron chi connectivity index (χ2n) is 7.42. The first kappa shape index (κ1) is 19.2. The lowest BCUT2D eigenvalue weighted by Crippen LogP contribution is -2.43. The summed E-state index contributed by atoms with van der Waals surface area (Å²) in [5.41, 5.74) is 1.41. The van der Waals surface area contributed by atoms with Crippen molar-refractivity contribution >= 4 is 11.8 Å². The maximum Gasteiger partial charge on any atom is 0.253 e. The van der Waals surface area contributed by atoms with Gasteiger partial charge in [-0.05, 0) is 61.7 Å². The van der Waals surface area contributed by atoms with E-state index in [0.29, 0.717) is 43.0 Å². The number of nitrogens with one attached hydrogen (secondary N) is 1. The molecule has 1 atom stereocenters. The molecule has 1 N–H and O–H groups in total. The van der Waals surface area contributed by atoms with Crippen molar-refractivity contribution in [1.29, 1.82) is 0 Å². The van der Waals surface area contributed by atoms with Gasteiger partial charge in [-0.2, -0.15) is 0 Å². The van der Waals surface area contributed by atoms with E-state index in [9.17, 15) is 14.0 Å². The molecule has 2 aliphatic heterocycles. The predicted octanol–water partition coefficient (Wildman–Crippen LogP) is 3.28. The van der Waals surface area contributed by atoms with E-state index >= 15 is 0 Å². The molecule has 4 rings (SSSR count). The molecule has 6 nitrogen and oxygen atoms in total. The molecule has 2 amide bonds. The third-order valence-corrected chi connectivity index (χ3v) is 5.50. The summed E-state index contributed by atoms with van der Waals surface area (Å²) in [7, 11) is 0. The third-order valence-electron chi connectivity index (χ3n) is 5.50. The number of halogens is 1. The lowest BCUT2D eigenvalue weighted by Gasteiger charge is -2.32. The van der Waals surface area contributed by atoms with Gasteiger partial charge in [0.15, 0.2) is 11.5 Å². The summed E-state index contributed by atoms with van der Waals surface area (Å²) < 4.78 is 23.8. The number of ether oxygens (including phenoxy) is 2. The van der Waals surface area contributed by atoms with Crippen molar-refractivity contribution in [2.75, 3.05) is 19.9 Å². The maximum absolute atomic E-state index is 13.0. The summed E-state index contributed by atoms with van der Waals surface area (Å²) in [6, 6.07) is 11.0. The second kappa shape index (κ2) is 8.11. The number of amides is 2. The Hall–Kier alpha value is -3.09. The lowest BCUT2D eigenvalue weighted by molar-refractivity contribution is -0.127. The van der Waals surface area contributed by atoms with E-state index in [2.05, 4.69) is 5.32 Å². The van der Waals surface area contributed by atoms with Crippen molar-refractivity contribution in [2.24, 2.45) is 5.92 Å². The Labute approximate surface area is 168 Å². The molecule has 0 aliphatic carbocycles. The highest BCUT2D eigenvalue weighted by molar-refractivity contribution is 5.94. The van der Waals surface area contributed by atoms with Crippen molar-refractivity contribution < 1.29 is 23.5 Å². The molecule has 29 heavy (non-hydrogen) atoms. The minimum Gasteiger partial charge on any atom is -0.454 e. The first-order chi connectivity index (χ1) is 14.0. The Morgan fingerprint density at radius 2 is 1.76 bits per heavy atom. The molecule has 7 heteroatoms. The Morgan fingerprint density at radius 1 is 1.07 bits per heavy atom. The fourth-order valence-corrected chi connectivity index (χ4v) is 3.72. The normalized spacial score (nSPS) is 17.1. The van der Waals surface area contributed by atoms with Crippen LogP contribution in [0, 0.1) is 11.7 Å². The molecule has 2 aromatic rings. The van der Waals surface area contributed by atoms with E-state index in [0.717, 1.165) is 5.56 Å². The average molecular weight is 398 g/mol. The van der Waals surface area contributed by atoms with Gasteiger partial charge in [-0.1, -0.05) is 6.07 Å². The van der Waals surface area contributed by atoms with Gasteiger partial charge in [0, 0.05) is 24.6 Å². The zero-order chi connectivity index (χ0) is 20.4. The summed E-state index contributed by atoms with van der Waals surface area (Å²) in [6.07, 6.45) is 1.21. The smallest absolute Gasteiger partial charge is 0.253 e. The fourth-order valence-electron chi connectivity index (χ4n) is 3.72. The number of benzene rings is 2. The molecule has 0 radical (unpaired) electrons. The zero-order valence-corrected chi connectivity index (χ0v) is 16.2. The molecular formula is C22H23FN2O4. The number of carbonyl (C=O) groups excluding carboxylic acids is 2. The number of piperidine rings is 1. The molecular weight excluding hydrogens is 375 g/mol. The van der Waals surface area contributed by atoms with Crippen LogP contribution in [0.1, 0.15) is 41.7 Å². The van der Waals surface area contributed by atoms with Crippen molar-refractivity contribution in [3.05, 3.63) is 59.4 Å². The summed E-state index contributed by atoms with van der Waals surface area (Å²) in [4.78, 5) is 26.9. The topological polar surface area (TPSA) is 67.9 Å². The predicted molar refractivity (Wildman–Crippen MR) is 104 cm³/mol. The number of rotatable bonds is 4. The zero-order valence-electron chi connectivity index (χ0n) is 16.2. The van der Waals surface area contributed by atoms with Crippen LogP contribution in [0.25, 0.3) is 0 Å².